The lowest BCUT2D eigenvalue weighted by molar-refractivity contribution is -0.121. The zero-order valence-electron chi connectivity index (χ0n) is 13.4. The SMILES string of the molecule is O=C(CC1COc2ccccc21)NCCc1c[nH]c2ccccc12. The van der Waals surface area contributed by atoms with Crippen molar-refractivity contribution in [1.29, 1.82) is 0 Å². The lowest BCUT2D eigenvalue weighted by atomic mass is 9.97. The first kappa shape index (κ1) is 14.8. The van der Waals surface area contributed by atoms with Crippen molar-refractivity contribution in [2.75, 3.05) is 13.2 Å². The number of rotatable bonds is 5. The van der Waals surface area contributed by atoms with Crippen molar-refractivity contribution in [3.63, 3.8) is 0 Å². The summed E-state index contributed by atoms with van der Waals surface area (Å²) < 4.78 is 5.64. The molecule has 1 aliphatic heterocycles. The van der Waals surface area contributed by atoms with E-state index in [1.54, 1.807) is 0 Å². The van der Waals surface area contributed by atoms with Crippen LogP contribution in [0.25, 0.3) is 10.9 Å². The van der Waals surface area contributed by atoms with E-state index >= 15 is 0 Å². The summed E-state index contributed by atoms with van der Waals surface area (Å²) in [6, 6.07) is 16.2. The maximum Gasteiger partial charge on any atom is 0.220 e. The Kier molecular flexibility index (Phi) is 3.95. The summed E-state index contributed by atoms with van der Waals surface area (Å²) in [7, 11) is 0. The molecule has 1 atom stereocenters. The Balaban J connectivity index is 1.31. The molecule has 2 heterocycles. The van der Waals surface area contributed by atoms with Gasteiger partial charge in [0.05, 0.1) is 6.61 Å². The van der Waals surface area contributed by atoms with Crippen molar-refractivity contribution in [2.24, 2.45) is 0 Å². The number of benzene rings is 2. The van der Waals surface area contributed by atoms with Crippen LogP contribution in [0, 0.1) is 0 Å². The zero-order valence-corrected chi connectivity index (χ0v) is 13.4. The lowest BCUT2D eigenvalue weighted by Gasteiger charge is -2.09. The van der Waals surface area contributed by atoms with Crippen LogP contribution >= 0.6 is 0 Å². The van der Waals surface area contributed by atoms with Gasteiger partial charge in [0.15, 0.2) is 0 Å². The fourth-order valence-electron chi connectivity index (χ4n) is 3.37. The Labute approximate surface area is 140 Å². The highest BCUT2D eigenvalue weighted by molar-refractivity contribution is 5.83. The molecule has 1 aromatic heterocycles. The number of aromatic amines is 1. The summed E-state index contributed by atoms with van der Waals surface area (Å²) in [6.07, 6.45) is 3.33. The fraction of sp³-hybridized carbons (Fsp3) is 0.250. The van der Waals surface area contributed by atoms with Crippen molar-refractivity contribution in [1.82, 2.24) is 10.3 Å². The summed E-state index contributed by atoms with van der Waals surface area (Å²) in [5.74, 6) is 1.16. The summed E-state index contributed by atoms with van der Waals surface area (Å²) >= 11 is 0. The molecular weight excluding hydrogens is 300 g/mol. The van der Waals surface area contributed by atoms with Crippen molar-refractivity contribution in [2.45, 2.75) is 18.8 Å². The predicted octanol–water partition coefficient (Wildman–Crippen LogP) is 3.39. The van der Waals surface area contributed by atoms with E-state index in [1.807, 2.05) is 42.6 Å². The third-order valence-corrected chi connectivity index (χ3v) is 4.62. The Morgan fingerprint density at radius 2 is 2.00 bits per heavy atom. The largest absolute Gasteiger partial charge is 0.493 e. The van der Waals surface area contributed by atoms with E-state index in [4.69, 9.17) is 4.74 Å². The summed E-state index contributed by atoms with van der Waals surface area (Å²) in [5, 5.41) is 4.26. The minimum atomic E-state index is 0.0835. The Morgan fingerprint density at radius 1 is 1.17 bits per heavy atom. The number of fused-ring (bicyclic) bond motifs is 2. The standard InChI is InChI=1S/C20H20N2O2/c23-20(11-15-13-24-19-8-4-2-6-17(15)19)21-10-9-14-12-22-18-7-3-1-5-16(14)18/h1-8,12,15,22H,9-11,13H2,(H,21,23). The molecule has 1 unspecified atom stereocenters. The first-order valence-corrected chi connectivity index (χ1v) is 8.34. The number of hydrogen-bond acceptors (Lipinski definition) is 2. The van der Waals surface area contributed by atoms with Gasteiger partial charge in [-0.3, -0.25) is 4.79 Å². The van der Waals surface area contributed by atoms with E-state index in [0.29, 0.717) is 19.6 Å². The number of carbonyl (C=O) groups excluding carboxylic acids is 1. The van der Waals surface area contributed by atoms with Crippen LogP contribution in [-0.2, 0) is 11.2 Å². The Hall–Kier alpha value is -2.75. The van der Waals surface area contributed by atoms with Crippen LogP contribution in [0.5, 0.6) is 5.75 Å². The highest BCUT2D eigenvalue weighted by atomic mass is 16.5. The number of amides is 1. The van der Waals surface area contributed by atoms with Crippen molar-refractivity contribution >= 4 is 16.8 Å². The number of ether oxygens (including phenoxy) is 1. The molecule has 4 nitrogen and oxygen atoms in total. The van der Waals surface area contributed by atoms with Gasteiger partial charge in [0.25, 0.3) is 0 Å². The maximum atomic E-state index is 12.2. The minimum absolute atomic E-state index is 0.0835. The average Bonchev–Trinajstić information content (AvgIpc) is 3.20. The van der Waals surface area contributed by atoms with Gasteiger partial charge in [-0.25, -0.2) is 0 Å². The third kappa shape index (κ3) is 2.87. The van der Waals surface area contributed by atoms with Gasteiger partial charge >= 0.3 is 0 Å². The quantitative estimate of drug-likeness (QED) is 0.757. The molecule has 1 amide bonds. The minimum Gasteiger partial charge on any atom is -0.493 e. The van der Waals surface area contributed by atoms with Gasteiger partial charge in [-0.1, -0.05) is 36.4 Å². The number of aromatic nitrogens is 1. The fourth-order valence-corrected chi connectivity index (χ4v) is 3.37. The van der Waals surface area contributed by atoms with Crippen LogP contribution in [-0.4, -0.2) is 24.0 Å². The first-order valence-electron chi connectivity index (χ1n) is 8.34. The molecule has 4 rings (SSSR count). The van der Waals surface area contributed by atoms with Crippen LogP contribution in [0.2, 0.25) is 0 Å². The molecule has 4 heteroatoms. The molecule has 0 bridgehead atoms. The van der Waals surface area contributed by atoms with Gasteiger partial charge in [-0.15, -0.1) is 0 Å². The number of nitrogens with one attached hydrogen (secondary N) is 2. The zero-order chi connectivity index (χ0) is 16.4. The summed E-state index contributed by atoms with van der Waals surface area (Å²) in [6.45, 7) is 1.24. The molecule has 122 valence electrons. The smallest absolute Gasteiger partial charge is 0.220 e. The second-order valence-electron chi connectivity index (χ2n) is 6.21. The van der Waals surface area contributed by atoms with Crippen LogP contribution < -0.4 is 10.1 Å². The van der Waals surface area contributed by atoms with Gasteiger partial charge in [0.1, 0.15) is 5.75 Å². The molecule has 2 aromatic carbocycles. The Bertz CT molecular complexity index is 869. The normalized spacial score (nSPS) is 15.9. The van der Waals surface area contributed by atoms with Gasteiger partial charge < -0.3 is 15.0 Å². The van der Waals surface area contributed by atoms with Crippen LogP contribution in [0.3, 0.4) is 0 Å². The molecule has 0 aliphatic carbocycles. The molecule has 2 N–H and O–H groups in total. The average molecular weight is 320 g/mol. The highest BCUT2D eigenvalue weighted by Crippen LogP contribution is 2.35. The van der Waals surface area contributed by atoms with E-state index in [0.717, 1.165) is 23.3 Å². The predicted molar refractivity (Wildman–Crippen MR) is 94.3 cm³/mol. The van der Waals surface area contributed by atoms with Gasteiger partial charge in [0.2, 0.25) is 5.91 Å². The molecule has 0 radical (unpaired) electrons. The Morgan fingerprint density at radius 3 is 2.96 bits per heavy atom. The number of carbonyl (C=O) groups is 1. The number of H-pyrrole nitrogens is 1. The summed E-state index contributed by atoms with van der Waals surface area (Å²) in [5.41, 5.74) is 3.52. The van der Waals surface area contributed by atoms with E-state index < -0.39 is 0 Å². The number of hydrogen-bond donors (Lipinski definition) is 2. The molecule has 0 saturated heterocycles. The van der Waals surface area contributed by atoms with Gasteiger partial charge in [-0.2, -0.15) is 0 Å². The van der Waals surface area contributed by atoms with E-state index in [-0.39, 0.29) is 11.8 Å². The molecular formula is C20H20N2O2. The van der Waals surface area contributed by atoms with E-state index in [1.165, 1.54) is 10.9 Å². The van der Waals surface area contributed by atoms with Crippen molar-refractivity contribution in [3.8, 4) is 5.75 Å². The highest BCUT2D eigenvalue weighted by Gasteiger charge is 2.25. The molecule has 1 aliphatic rings. The molecule has 3 aromatic rings. The monoisotopic (exact) mass is 320 g/mol. The van der Waals surface area contributed by atoms with Crippen LogP contribution in [0.4, 0.5) is 0 Å². The first-order chi connectivity index (χ1) is 11.8. The maximum absolute atomic E-state index is 12.2. The molecule has 0 fully saturated rings. The van der Waals surface area contributed by atoms with E-state index in [2.05, 4.69) is 22.4 Å². The number of para-hydroxylation sites is 2. The molecule has 24 heavy (non-hydrogen) atoms. The third-order valence-electron chi connectivity index (χ3n) is 4.62. The van der Waals surface area contributed by atoms with Gasteiger partial charge in [-0.05, 0) is 24.1 Å². The second kappa shape index (κ2) is 6.40. The summed E-state index contributed by atoms with van der Waals surface area (Å²) in [4.78, 5) is 15.5. The molecule has 0 spiro atoms. The van der Waals surface area contributed by atoms with Crippen LogP contribution in [0.1, 0.15) is 23.5 Å². The van der Waals surface area contributed by atoms with Crippen LogP contribution in [0.15, 0.2) is 54.7 Å². The topological polar surface area (TPSA) is 54.1 Å². The van der Waals surface area contributed by atoms with E-state index in [9.17, 15) is 4.79 Å². The molecule has 0 saturated carbocycles. The van der Waals surface area contributed by atoms with Gasteiger partial charge in [0, 0.05) is 41.5 Å². The van der Waals surface area contributed by atoms with Crippen molar-refractivity contribution < 1.29 is 9.53 Å². The lowest BCUT2D eigenvalue weighted by Crippen LogP contribution is -2.27. The second-order valence-corrected chi connectivity index (χ2v) is 6.21. The van der Waals surface area contributed by atoms with Crippen molar-refractivity contribution in [3.05, 3.63) is 65.9 Å².